The quantitative estimate of drug-likeness (QED) is 0.412. The van der Waals surface area contributed by atoms with Crippen molar-refractivity contribution in [2.24, 2.45) is 0 Å². The first-order chi connectivity index (χ1) is 12.7. The zero-order chi connectivity index (χ0) is 17.9. The summed E-state index contributed by atoms with van der Waals surface area (Å²) in [7, 11) is 1.65. The van der Waals surface area contributed by atoms with Gasteiger partial charge in [-0.1, -0.05) is 0 Å². The first-order valence-corrected chi connectivity index (χ1v) is 8.69. The van der Waals surface area contributed by atoms with Crippen molar-refractivity contribution < 1.29 is 14.2 Å². The lowest BCUT2D eigenvalue weighted by atomic mass is 10.2. The van der Waals surface area contributed by atoms with Crippen molar-refractivity contribution in [3.05, 3.63) is 30.3 Å². The number of rotatable bonds is 4. The minimum Gasteiger partial charge on any atom is -0.486 e. The molecule has 2 N–H and O–H groups in total. The molecule has 0 spiro atoms. The van der Waals surface area contributed by atoms with Crippen molar-refractivity contribution in [2.45, 2.75) is 0 Å². The Labute approximate surface area is 155 Å². The monoisotopic (exact) mass is 370 g/mol. The molecule has 1 aliphatic heterocycles. The van der Waals surface area contributed by atoms with Gasteiger partial charge in [0, 0.05) is 31.5 Å². The van der Waals surface area contributed by atoms with Crippen molar-refractivity contribution in [3.8, 4) is 11.5 Å². The number of aromatic nitrogens is 2. The number of thiocarbonyl (C=S) groups is 1. The van der Waals surface area contributed by atoms with E-state index in [2.05, 4.69) is 15.6 Å². The minimum absolute atomic E-state index is 0.537. The van der Waals surface area contributed by atoms with Gasteiger partial charge in [0.25, 0.3) is 0 Å². The molecule has 4 rings (SSSR count). The van der Waals surface area contributed by atoms with E-state index in [9.17, 15) is 0 Å². The topological polar surface area (TPSA) is 77.5 Å². The number of ether oxygens (including phenoxy) is 3. The van der Waals surface area contributed by atoms with Crippen LogP contribution in [0, 0.1) is 0 Å². The van der Waals surface area contributed by atoms with Gasteiger partial charge in [0.15, 0.2) is 16.6 Å². The highest BCUT2D eigenvalue weighted by molar-refractivity contribution is 7.80. The summed E-state index contributed by atoms with van der Waals surface area (Å²) in [4.78, 5) is 9.38. The van der Waals surface area contributed by atoms with Crippen LogP contribution in [0.4, 0.5) is 5.69 Å². The Morgan fingerprint density at radius 2 is 1.69 bits per heavy atom. The highest BCUT2D eigenvalue weighted by atomic mass is 32.1. The maximum atomic E-state index is 5.63. The van der Waals surface area contributed by atoms with Crippen molar-refractivity contribution in [1.29, 1.82) is 0 Å². The molecule has 0 saturated carbocycles. The molecule has 26 heavy (non-hydrogen) atoms. The van der Waals surface area contributed by atoms with Gasteiger partial charge in [-0.05, 0) is 30.4 Å². The van der Waals surface area contributed by atoms with Crippen LogP contribution in [0.5, 0.6) is 11.5 Å². The Morgan fingerprint density at radius 3 is 2.38 bits per heavy atom. The maximum Gasteiger partial charge on any atom is 0.170 e. The molecule has 1 aromatic heterocycles. The van der Waals surface area contributed by atoms with Crippen LogP contribution in [0.25, 0.3) is 22.1 Å². The summed E-state index contributed by atoms with van der Waals surface area (Å²) in [6, 6.07) is 9.50. The lowest BCUT2D eigenvalue weighted by Crippen LogP contribution is -2.31. The highest BCUT2D eigenvalue weighted by Gasteiger charge is 2.14. The van der Waals surface area contributed by atoms with E-state index in [1.807, 2.05) is 30.3 Å². The fourth-order valence-electron chi connectivity index (χ4n) is 2.73. The number of anilines is 1. The summed E-state index contributed by atoms with van der Waals surface area (Å²) in [5.41, 5.74) is 3.97. The molecular weight excluding hydrogens is 352 g/mol. The van der Waals surface area contributed by atoms with Crippen molar-refractivity contribution in [3.63, 3.8) is 0 Å². The maximum absolute atomic E-state index is 5.63. The third-order valence-electron chi connectivity index (χ3n) is 3.95. The SMILES string of the molecule is COCCNC(=S)Nc1ccc2nc3cc4c(cc3nc2c1)OCCO4. The van der Waals surface area contributed by atoms with Crippen LogP contribution in [0.3, 0.4) is 0 Å². The molecule has 1 aliphatic rings. The first kappa shape index (κ1) is 16.7. The molecule has 0 bridgehead atoms. The van der Waals surface area contributed by atoms with Crippen LogP contribution in [-0.4, -0.2) is 48.6 Å². The summed E-state index contributed by atoms with van der Waals surface area (Å²) in [6.07, 6.45) is 0. The number of nitrogens with one attached hydrogen (secondary N) is 2. The van der Waals surface area contributed by atoms with E-state index in [0.717, 1.165) is 27.8 Å². The van der Waals surface area contributed by atoms with Crippen LogP contribution in [0.2, 0.25) is 0 Å². The van der Waals surface area contributed by atoms with Crippen molar-refractivity contribution in [2.75, 3.05) is 38.8 Å². The van der Waals surface area contributed by atoms with E-state index in [-0.39, 0.29) is 0 Å². The van der Waals surface area contributed by atoms with E-state index in [1.54, 1.807) is 7.11 Å². The third-order valence-corrected chi connectivity index (χ3v) is 4.19. The summed E-state index contributed by atoms with van der Waals surface area (Å²) < 4.78 is 16.2. The Bertz CT molecular complexity index is 979. The van der Waals surface area contributed by atoms with Gasteiger partial charge in [0.2, 0.25) is 0 Å². The average molecular weight is 370 g/mol. The van der Waals surface area contributed by atoms with E-state index in [4.69, 9.17) is 31.4 Å². The Kier molecular flexibility index (Phi) is 4.68. The zero-order valence-corrected chi connectivity index (χ0v) is 15.1. The van der Waals surface area contributed by atoms with E-state index in [1.165, 1.54) is 0 Å². The predicted molar refractivity (Wildman–Crippen MR) is 104 cm³/mol. The molecule has 2 heterocycles. The molecule has 0 aliphatic carbocycles. The molecule has 0 amide bonds. The first-order valence-electron chi connectivity index (χ1n) is 8.28. The molecule has 0 unspecified atom stereocenters. The largest absolute Gasteiger partial charge is 0.486 e. The van der Waals surface area contributed by atoms with Gasteiger partial charge >= 0.3 is 0 Å². The average Bonchev–Trinajstić information content (AvgIpc) is 2.65. The summed E-state index contributed by atoms with van der Waals surface area (Å²) >= 11 is 5.27. The number of nitrogens with zero attached hydrogens (tertiary/aromatic N) is 2. The van der Waals surface area contributed by atoms with Gasteiger partial charge in [-0.3, -0.25) is 0 Å². The van der Waals surface area contributed by atoms with Crippen LogP contribution in [0.1, 0.15) is 0 Å². The fraction of sp³-hybridized carbons (Fsp3) is 0.278. The van der Waals surface area contributed by atoms with Gasteiger partial charge in [0.05, 0.1) is 28.7 Å². The number of hydrogen-bond acceptors (Lipinski definition) is 6. The Morgan fingerprint density at radius 1 is 1.04 bits per heavy atom. The molecule has 0 radical (unpaired) electrons. The van der Waals surface area contributed by atoms with E-state index in [0.29, 0.717) is 43.0 Å². The lowest BCUT2D eigenvalue weighted by molar-refractivity contribution is 0.172. The number of fused-ring (bicyclic) bond motifs is 3. The van der Waals surface area contributed by atoms with Gasteiger partial charge in [-0.2, -0.15) is 0 Å². The standard InChI is InChI=1S/C18H18N4O3S/c1-23-5-4-19-18(26)20-11-2-3-12-13(8-11)22-15-10-17-16(9-14(15)21-12)24-6-7-25-17/h2-3,8-10H,4-7H2,1H3,(H2,19,20,26). The smallest absolute Gasteiger partial charge is 0.170 e. The molecule has 7 nitrogen and oxygen atoms in total. The van der Waals surface area contributed by atoms with Crippen LogP contribution >= 0.6 is 12.2 Å². The Hall–Kier alpha value is -2.71. The van der Waals surface area contributed by atoms with Gasteiger partial charge in [0.1, 0.15) is 13.2 Å². The van der Waals surface area contributed by atoms with Crippen LogP contribution in [-0.2, 0) is 4.74 Å². The van der Waals surface area contributed by atoms with Gasteiger partial charge in [-0.25, -0.2) is 9.97 Å². The second kappa shape index (κ2) is 7.27. The predicted octanol–water partition coefficient (Wildman–Crippen LogP) is 2.49. The molecule has 2 aromatic carbocycles. The number of benzene rings is 2. The summed E-state index contributed by atoms with van der Waals surface area (Å²) in [5.74, 6) is 1.42. The second-order valence-corrected chi connectivity index (χ2v) is 6.19. The fourth-order valence-corrected chi connectivity index (χ4v) is 2.95. The number of methoxy groups -OCH3 is 1. The highest BCUT2D eigenvalue weighted by Crippen LogP contribution is 2.34. The van der Waals surface area contributed by atoms with E-state index < -0.39 is 0 Å². The Balaban J connectivity index is 1.62. The minimum atomic E-state index is 0.537. The van der Waals surface area contributed by atoms with Crippen LogP contribution < -0.4 is 20.1 Å². The van der Waals surface area contributed by atoms with Crippen molar-refractivity contribution in [1.82, 2.24) is 15.3 Å². The van der Waals surface area contributed by atoms with Gasteiger partial charge < -0.3 is 24.8 Å². The van der Waals surface area contributed by atoms with Crippen LogP contribution in [0.15, 0.2) is 30.3 Å². The second-order valence-electron chi connectivity index (χ2n) is 5.79. The summed E-state index contributed by atoms with van der Waals surface area (Å²) in [5, 5.41) is 6.75. The molecule has 0 saturated heterocycles. The normalized spacial score (nSPS) is 13.0. The summed E-state index contributed by atoms with van der Waals surface area (Å²) in [6.45, 7) is 2.33. The molecule has 8 heteroatoms. The molecular formula is C18H18N4O3S. The molecule has 134 valence electrons. The van der Waals surface area contributed by atoms with Crippen molar-refractivity contribution >= 4 is 45.1 Å². The van der Waals surface area contributed by atoms with E-state index >= 15 is 0 Å². The lowest BCUT2D eigenvalue weighted by Gasteiger charge is -2.18. The molecule has 0 fully saturated rings. The molecule has 0 atom stereocenters. The number of hydrogen-bond donors (Lipinski definition) is 2. The molecule has 3 aromatic rings. The zero-order valence-electron chi connectivity index (χ0n) is 14.2. The van der Waals surface area contributed by atoms with Gasteiger partial charge in [-0.15, -0.1) is 0 Å². The third kappa shape index (κ3) is 3.47.